The van der Waals surface area contributed by atoms with Crippen molar-refractivity contribution in [1.29, 1.82) is 0 Å². The summed E-state index contributed by atoms with van der Waals surface area (Å²) in [5, 5.41) is 5.35. The van der Waals surface area contributed by atoms with Crippen LogP contribution in [0.3, 0.4) is 0 Å². The van der Waals surface area contributed by atoms with Crippen LogP contribution in [0.5, 0.6) is 0 Å². The molecule has 0 aliphatic carbocycles. The third-order valence-corrected chi connectivity index (χ3v) is 2.74. The number of hydrogen-bond acceptors (Lipinski definition) is 3. The lowest BCUT2D eigenvalue weighted by molar-refractivity contribution is 0.713. The molecule has 0 fully saturated rings. The number of nitrogens with zero attached hydrogens (tertiary/aromatic N) is 3. The maximum absolute atomic E-state index is 5.88. The Bertz CT molecular complexity index is 643. The van der Waals surface area contributed by atoms with Gasteiger partial charge in [-0.2, -0.15) is 5.10 Å². The van der Waals surface area contributed by atoms with E-state index in [1.807, 2.05) is 47.3 Å². The quantitative estimate of drug-likeness (QED) is 0.724. The van der Waals surface area contributed by atoms with Crippen molar-refractivity contribution < 1.29 is 0 Å². The van der Waals surface area contributed by atoms with E-state index in [4.69, 9.17) is 5.73 Å². The normalized spacial score (nSPS) is 10.8. The summed E-state index contributed by atoms with van der Waals surface area (Å²) in [5.41, 5.74) is 8.04. The van der Waals surface area contributed by atoms with Crippen molar-refractivity contribution in [3.05, 3.63) is 54.4 Å². The third-order valence-electron chi connectivity index (χ3n) is 2.74. The topological polar surface area (TPSA) is 56.7 Å². The van der Waals surface area contributed by atoms with Gasteiger partial charge in [-0.25, -0.2) is 0 Å². The molecule has 2 aromatic heterocycles. The molecule has 0 aliphatic rings. The summed E-state index contributed by atoms with van der Waals surface area (Å²) in [6.07, 6.45) is 3.60. The number of hydrogen-bond donors (Lipinski definition) is 1. The lowest BCUT2D eigenvalue weighted by Gasteiger charge is -2.02. The Morgan fingerprint density at radius 1 is 1.12 bits per heavy atom. The van der Waals surface area contributed by atoms with Gasteiger partial charge in [-0.1, -0.05) is 18.2 Å². The number of nitrogens with two attached hydrogens (primary N) is 1. The Kier molecular flexibility index (Phi) is 2.26. The molecule has 84 valence electrons. The molecule has 0 radical (unpaired) electrons. The molecule has 0 bridgehead atoms. The van der Waals surface area contributed by atoms with Crippen LogP contribution in [-0.2, 0) is 6.54 Å². The molecule has 0 aliphatic heterocycles. The molecule has 0 amide bonds. The maximum Gasteiger partial charge on any atom is 0.153 e. The fourth-order valence-corrected chi connectivity index (χ4v) is 1.94. The second-order valence-corrected chi connectivity index (χ2v) is 3.92. The van der Waals surface area contributed by atoms with E-state index in [1.165, 1.54) is 0 Å². The minimum atomic E-state index is 0.574. The number of benzene rings is 1. The average molecular weight is 224 g/mol. The Morgan fingerprint density at radius 2 is 2.00 bits per heavy atom. The molecule has 0 spiro atoms. The zero-order valence-electron chi connectivity index (χ0n) is 9.24. The number of rotatable bonds is 2. The Morgan fingerprint density at radius 3 is 2.82 bits per heavy atom. The largest absolute Gasteiger partial charge is 0.382 e. The Hall–Kier alpha value is -2.36. The summed E-state index contributed by atoms with van der Waals surface area (Å²) in [6, 6.07) is 11.9. The van der Waals surface area contributed by atoms with Crippen LogP contribution in [0, 0.1) is 0 Å². The monoisotopic (exact) mass is 224 g/mol. The highest BCUT2D eigenvalue weighted by molar-refractivity contribution is 5.89. The zero-order valence-corrected chi connectivity index (χ0v) is 9.24. The lowest BCUT2D eigenvalue weighted by atomic mass is 10.2. The van der Waals surface area contributed by atoms with Crippen LogP contribution < -0.4 is 5.73 Å². The van der Waals surface area contributed by atoms with Gasteiger partial charge in [0.25, 0.3) is 0 Å². The fourth-order valence-electron chi connectivity index (χ4n) is 1.94. The van der Waals surface area contributed by atoms with Gasteiger partial charge in [-0.05, 0) is 23.8 Å². The summed E-state index contributed by atoms with van der Waals surface area (Å²) < 4.78 is 1.90. The van der Waals surface area contributed by atoms with Crippen molar-refractivity contribution in [3.8, 4) is 0 Å². The summed E-state index contributed by atoms with van der Waals surface area (Å²) in [5.74, 6) is 0.574. The smallest absolute Gasteiger partial charge is 0.153 e. The number of para-hydroxylation sites is 1. The van der Waals surface area contributed by atoms with Gasteiger partial charge in [0.05, 0.1) is 12.1 Å². The predicted octanol–water partition coefficient (Wildman–Crippen LogP) is 2.06. The van der Waals surface area contributed by atoms with E-state index in [9.17, 15) is 0 Å². The van der Waals surface area contributed by atoms with Crippen LogP contribution in [0.4, 0.5) is 5.82 Å². The van der Waals surface area contributed by atoms with E-state index in [2.05, 4.69) is 10.1 Å². The van der Waals surface area contributed by atoms with E-state index < -0.39 is 0 Å². The van der Waals surface area contributed by atoms with Gasteiger partial charge in [0, 0.05) is 17.8 Å². The van der Waals surface area contributed by atoms with Crippen molar-refractivity contribution in [3.63, 3.8) is 0 Å². The molecule has 0 atom stereocenters. The van der Waals surface area contributed by atoms with Crippen molar-refractivity contribution in [2.75, 3.05) is 5.73 Å². The molecule has 2 heterocycles. The van der Waals surface area contributed by atoms with Gasteiger partial charge >= 0.3 is 0 Å². The van der Waals surface area contributed by atoms with E-state index in [0.29, 0.717) is 12.4 Å². The minimum absolute atomic E-state index is 0.574. The molecular weight excluding hydrogens is 212 g/mol. The van der Waals surface area contributed by atoms with Gasteiger partial charge in [0.15, 0.2) is 5.82 Å². The van der Waals surface area contributed by atoms with Crippen LogP contribution in [0.2, 0.25) is 0 Å². The molecule has 3 aromatic rings. The van der Waals surface area contributed by atoms with Gasteiger partial charge in [0.1, 0.15) is 0 Å². The molecular formula is C13H12N4. The molecule has 3 rings (SSSR count). The standard InChI is InChI=1S/C13H12N4/c14-13-11-5-1-2-6-12(11)17(16-13)9-10-4-3-7-15-8-10/h1-8H,9H2,(H2,14,16). The first-order chi connectivity index (χ1) is 8.34. The van der Waals surface area contributed by atoms with E-state index in [-0.39, 0.29) is 0 Å². The number of pyridine rings is 1. The molecule has 0 saturated carbocycles. The predicted molar refractivity (Wildman–Crippen MR) is 67.5 cm³/mol. The summed E-state index contributed by atoms with van der Waals surface area (Å²) >= 11 is 0. The zero-order chi connectivity index (χ0) is 11.7. The molecule has 4 heteroatoms. The highest BCUT2D eigenvalue weighted by atomic mass is 15.3. The summed E-state index contributed by atoms with van der Waals surface area (Å²) in [7, 11) is 0. The Balaban J connectivity index is 2.07. The van der Waals surface area contributed by atoms with Crippen molar-refractivity contribution in [2.24, 2.45) is 0 Å². The van der Waals surface area contributed by atoms with Crippen LogP contribution >= 0.6 is 0 Å². The molecule has 4 nitrogen and oxygen atoms in total. The van der Waals surface area contributed by atoms with Crippen LogP contribution in [0.25, 0.3) is 10.9 Å². The van der Waals surface area contributed by atoms with Crippen LogP contribution in [0.15, 0.2) is 48.8 Å². The molecule has 17 heavy (non-hydrogen) atoms. The van der Waals surface area contributed by atoms with E-state index >= 15 is 0 Å². The summed E-state index contributed by atoms with van der Waals surface area (Å²) in [4.78, 5) is 4.10. The molecule has 0 saturated heterocycles. The first-order valence-electron chi connectivity index (χ1n) is 5.44. The van der Waals surface area contributed by atoms with Crippen molar-refractivity contribution in [2.45, 2.75) is 6.54 Å². The van der Waals surface area contributed by atoms with Gasteiger partial charge in [-0.15, -0.1) is 0 Å². The SMILES string of the molecule is Nc1nn(Cc2cccnc2)c2ccccc12. The molecule has 1 aromatic carbocycles. The van der Waals surface area contributed by atoms with Crippen LogP contribution in [0.1, 0.15) is 5.56 Å². The number of aromatic nitrogens is 3. The van der Waals surface area contributed by atoms with E-state index in [1.54, 1.807) is 6.20 Å². The average Bonchev–Trinajstić information content (AvgIpc) is 2.69. The molecule has 0 unspecified atom stereocenters. The number of nitrogen functional groups attached to an aromatic ring is 1. The Labute approximate surface area is 98.7 Å². The third kappa shape index (κ3) is 1.73. The lowest BCUT2D eigenvalue weighted by Crippen LogP contribution is -2.02. The van der Waals surface area contributed by atoms with Crippen molar-refractivity contribution >= 4 is 16.7 Å². The maximum atomic E-state index is 5.88. The van der Waals surface area contributed by atoms with Gasteiger partial charge < -0.3 is 5.73 Å². The first-order valence-corrected chi connectivity index (χ1v) is 5.44. The van der Waals surface area contributed by atoms with Crippen LogP contribution in [-0.4, -0.2) is 14.8 Å². The number of anilines is 1. The number of fused-ring (bicyclic) bond motifs is 1. The second-order valence-electron chi connectivity index (χ2n) is 3.92. The fraction of sp³-hybridized carbons (Fsp3) is 0.0769. The van der Waals surface area contributed by atoms with Crippen molar-refractivity contribution in [1.82, 2.24) is 14.8 Å². The minimum Gasteiger partial charge on any atom is -0.382 e. The van der Waals surface area contributed by atoms with Gasteiger partial charge in [-0.3, -0.25) is 9.67 Å². The summed E-state index contributed by atoms with van der Waals surface area (Å²) in [6.45, 7) is 0.686. The highest BCUT2D eigenvalue weighted by Crippen LogP contribution is 2.20. The highest BCUT2D eigenvalue weighted by Gasteiger charge is 2.06. The van der Waals surface area contributed by atoms with E-state index in [0.717, 1.165) is 16.5 Å². The molecule has 2 N–H and O–H groups in total. The second kappa shape index (κ2) is 3.90. The first kappa shape index (κ1) is 9.84. The van der Waals surface area contributed by atoms with Gasteiger partial charge in [0.2, 0.25) is 0 Å².